The zero-order valence-corrected chi connectivity index (χ0v) is 44.2. The van der Waals surface area contributed by atoms with Crippen LogP contribution in [0.2, 0.25) is 0 Å². The summed E-state index contributed by atoms with van der Waals surface area (Å²) in [6.07, 6.45) is -3.36. The summed E-state index contributed by atoms with van der Waals surface area (Å²) in [6, 6.07) is 0. The van der Waals surface area contributed by atoms with Gasteiger partial charge in [-0.15, -0.1) is 12.8 Å². The number of methoxy groups -OCH3 is 2. The number of aliphatic hydroxyl groups excluding tert-OH is 2. The third kappa shape index (κ3) is 17.4. The SMILES string of the molecule is COC1[C@H](C)O[C@H](COP(O)(=S)O[C@@H]2C[CH-]O[C@@H]2CC(C)C)[C@@H]1O.COC1[C@H](C)O[C@H]([C@H](C)OP(=O)(S)O[C@@H]2C[CH-]O[C@@H]2CC(C)C)[C@@H]1O.S.[Th].[Th]. The third-order valence-electron chi connectivity index (χ3n) is 8.76. The van der Waals surface area contributed by atoms with Crippen LogP contribution in [0.5, 0.6) is 0 Å². The van der Waals surface area contributed by atoms with Gasteiger partial charge in [-0.25, -0.2) is 17.8 Å². The minimum Gasteiger partial charge on any atom is -0.548 e. The number of rotatable bonds is 16. The molecule has 4 aliphatic rings. The van der Waals surface area contributed by atoms with Crippen molar-refractivity contribution in [1.29, 1.82) is 0 Å². The molecule has 0 aromatic rings. The number of hydrogen-bond acceptors (Lipinski definition) is 14. The zero-order valence-electron chi connectivity index (χ0n) is 31.4. The molecular formula is C31H60O14P2S3Th2-2. The van der Waals surface area contributed by atoms with E-state index in [-0.39, 0.29) is 137 Å². The van der Waals surface area contributed by atoms with E-state index in [9.17, 15) is 19.7 Å². The first-order valence-electron chi connectivity index (χ1n) is 16.9. The Bertz CT molecular complexity index is 1110. The molecule has 306 valence electrons. The van der Waals surface area contributed by atoms with Gasteiger partial charge in [-0.05, 0) is 57.3 Å². The molecule has 4 rings (SSSR count). The second kappa shape index (κ2) is 26.1. The van der Waals surface area contributed by atoms with Crippen molar-refractivity contribution in [2.24, 2.45) is 11.8 Å². The summed E-state index contributed by atoms with van der Waals surface area (Å²) < 4.78 is 67.7. The molecule has 15 atom stereocenters. The van der Waals surface area contributed by atoms with Crippen molar-refractivity contribution in [1.82, 2.24) is 0 Å². The van der Waals surface area contributed by atoms with E-state index >= 15 is 0 Å². The van der Waals surface area contributed by atoms with Crippen LogP contribution in [0.25, 0.3) is 0 Å². The van der Waals surface area contributed by atoms with Crippen molar-refractivity contribution < 1.29 is 146 Å². The Morgan fingerprint density at radius 1 is 0.827 bits per heavy atom. The van der Waals surface area contributed by atoms with Gasteiger partial charge < -0.3 is 52.6 Å². The molecule has 4 aliphatic heterocycles. The van der Waals surface area contributed by atoms with Crippen LogP contribution in [0.15, 0.2) is 0 Å². The van der Waals surface area contributed by atoms with Gasteiger partial charge in [-0.2, -0.15) is 13.5 Å². The maximum absolute atomic E-state index is 12.7. The quantitative estimate of drug-likeness (QED) is 0.0940. The maximum atomic E-state index is 12.7. The van der Waals surface area contributed by atoms with Gasteiger partial charge in [-0.1, -0.05) is 39.9 Å². The van der Waals surface area contributed by atoms with Gasteiger partial charge in [-0.3, -0.25) is 9.05 Å². The van der Waals surface area contributed by atoms with Crippen molar-refractivity contribution in [3.05, 3.63) is 13.2 Å². The first-order valence-corrected chi connectivity index (χ1v) is 22.2. The minimum absolute atomic E-state index is 0. The van der Waals surface area contributed by atoms with E-state index in [2.05, 4.69) is 39.9 Å². The van der Waals surface area contributed by atoms with Crippen LogP contribution in [-0.4, -0.2) is 115 Å². The molecule has 0 bridgehead atoms. The summed E-state index contributed by atoms with van der Waals surface area (Å²) >= 11 is 9.19. The summed E-state index contributed by atoms with van der Waals surface area (Å²) in [7, 11) is 3.03. The fraction of sp³-hybridized carbons (Fsp3) is 0.935. The Morgan fingerprint density at radius 3 is 1.73 bits per heavy atom. The Kier molecular flexibility index (Phi) is 28.0. The van der Waals surface area contributed by atoms with Gasteiger partial charge in [0.1, 0.15) is 36.6 Å². The summed E-state index contributed by atoms with van der Waals surface area (Å²) in [5.74, 6) is 0.871. The number of thiol groups is 1. The minimum atomic E-state index is -3.64. The average Bonchev–Trinajstić information content (AvgIpc) is 3.74. The molecular weight excluding hydrogens is 1220 g/mol. The van der Waals surface area contributed by atoms with Crippen molar-refractivity contribution in [2.75, 3.05) is 20.8 Å². The molecule has 4 fully saturated rings. The topological polar surface area (TPSA) is 170 Å². The van der Waals surface area contributed by atoms with E-state index in [0.29, 0.717) is 24.7 Å². The Hall–Kier alpha value is 3.71. The molecule has 0 saturated carbocycles. The summed E-state index contributed by atoms with van der Waals surface area (Å²) in [5.41, 5.74) is 0. The summed E-state index contributed by atoms with van der Waals surface area (Å²) in [6.45, 7) is 9.87. The van der Waals surface area contributed by atoms with E-state index in [4.69, 9.17) is 58.3 Å². The van der Waals surface area contributed by atoms with Gasteiger partial charge in [0.25, 0.3) is 0 Å². The summed E-state index contributed by atoms with van der Waals surface area (Å²) in [5, 5.41) is 20.4. The molecule has 0 aromatic heterocycles. The Labute approximate surface area is 391 Å². The van der Waals surface area contributed by atoms with Crippen molar-refractivity contribution >= 4 is 51.1 Å². The number of aliphatic hydroxyl groups is 2. The van der Waals surface area contributed by atoms with Crippen LogP contribution in [-0.2, 0) is 62.9 Å². The van der Waals surface area contributed by atoms with Gasteiger partial charge in [0, 0.05) is 106 Å². The predicted octanol–water partition coefficient (Wildman–Crippen LogP) is 4.85. The van der Waals surface area contributed by atoms with Crippen LogP contribution < -0.4 is 0 Å². The second-order valence-electron chi connectivity index (χ2n) is 13.8. The van der Waals surface area contributed by atoms with Crippen molar-refractivity contribution in [3.8, 4) is 0 Å². The monoisotopic (exact) mass is 1280 g/mol. The van der Waals surface area contributed by atoms with Crippen LogP contribution >= 0.6 is 39.3 Å². The van der Waals surface area contributed by atoms with Gasteiger partial charge in [0.15, 0.2) is 0 Å². The maximum Gasteiger partial charge on any atom is 0.386 e. The smallest absolute Gasteiger partial charge is 0.386 e. The Balaban J connectivity index is 0.000000946. The molecule has 0 amide bonds. The molecule has 52 heavy (non-hydrogen) atoms. The molecule has 3 N–H and O–H groups in total. The predicted molar refractivity (Wildman–Crippen MR) is 198 cm³/mol. The van der Waals surface area contributed by atoms with Crippen LogP contribution in [0.4, 0.5) is 0 Å². The van der Waals surface area contributed by atoms with Gasteiger partial charge >= 0.3 is 13.5 Å². The molecule has 0 aromatic carbocycles. The van der Waals surface area contributed by atoms with Crippen LogP contribution in [0.3, 0.4) is 0 Å². The van der Waals surface area contributed by atoms with Crippen molar-refractivity contribution in [2.45, 2.75) is 154 Å². The molecule has 21 heteroatoms. The third-order valence-corrected chi connectivity index (χ3v) is 12.0. The first-order chi connectivity index (χ1) is 22.9. The van der Waals surface area contributed by atoms with Gasteiger partial charge in [0.2, 0.25) is 0 Å². The normalized spacial score (nSPS) is 37.3. The fourth-order valence-electron chi connectivity index (χ4n) is 6.41. The standard InChI is InChI=1S/C16H30O7PS.C15H28O7PS.H2S.2Th/c1-9(2)8-13-12(6-7-20-13)23-24(18,25)22-11(4)16-14(17)15(19-5)10(3)21-16;1-9(2)7-12-11(5-6-19-12)22-23(17,24)20-8-13-14(16)15(18-4)10(3)21-13;;;/h7,9-17H,6,8H2,1-5H3,(H,18,25);6,9-16H,5,7-8H2,1-4H3,(H,17,24);1H2;;/q2*-1;;;/t10-,11-,12+,13+,14+,15?,16+,24?;10-,11+,12+,13+,14-,15?,23?;;;/m00.../s1. The number of hydrogen-bond donors (Lipinski definition) is 4. The van der Waals surface area contributed by atoms with Crippen molar-refractivity contribution in [3.63, 3.8) is 0 Å². The molecule has 4 saturated heterocycles. The zero-order chi connectivity index (χ0) is 36.7. The molecule has 0 aliphatic carbocycles. The Morgan fingerprint density at radius 2 is 1.29 bits per heavy atom. The van der Waals surface area contributed by atoms with E-state index in [0.717, 1.165) is 12.8 Å². The second-order valence-corrected chi connectivity index (χ2v) is 19.4. The molecule has 4 unspecified atom stereocenters. The van der Waals surface area contributed by atoms with Crippen LogP contribution in [0.1, 0.15) is 74.1 Å². The summed E-state index contributed by atoms with van der Waals surface area (Å²) in [4.78, 5) is 10.3. The largest absolute Gasteiger partial charge is 0.548 e. The first kappa shape index (κ1) is 55.7. The molecule has 0 spiro atoms. The van der Waals surface area contributed by atoms with E-state index in [1.807, 2.05) is 13.8 Å². The van der Waals surface area contributed by atoms with Gasteiger partial charge in [0.05, 0.1) is 37.1 Å². The van der Waals surface area contributed by atoms with E-state index in [1.54, 1.807) is 20.1 Å². The van der Waals surface area contributed by atoms with Crippen LogP contribution in [0, 0.1) is 105 Å². The molecule has 0 radical (unpaired) electrons. The molecule has 4 heterocycles. The fourth-order valence-corrected chi connectivity index (χ4v) is 9.85. The average molecular weight is 1280 g/mol. The van der Waals surface area contributed by atoms with E-state index in [1.165, 1.54) is 14.2 Å². The molecule has 14 nitrogen and oxygen atoms in total. The number of ether oxygens (including phenoxy) is 6. The van der Waals surface area contributed by atoms with E-state index < -0.39 is 56.2 Å².